The lowest BCUT2D eigenvalue weighted by atomic mass is 10.2. The molecule has 0 aliphatic heterocycles. The van der Waals surface area contributed by atoms with Gasteiger partial charge in [0.25, 0.3) is 0 Å². The van der Waals surface area contributed by atoms with E-state index in [1.807, 2.05) is 6.08 Å². The zero-order chi connectivity index (χ0) is 8.69. The van der Waals surface area contributed by atoms with Crippen molar-refractivity contribution in [3.05, 3.63) is 11.6 Å². The van der Waals surface area contributed by atoms with Crippen molar-refractivity contribution in [3.8, 4) is 0 Å². The maximum Gasteiger partial charge on any atom is 0.333 e. The van der Waals surface area contributed by atoms with E-state index in [0.29, 0.717) is 5.57 Å². The van der Waals surface area contributed by atoms with Crippen molar-refractivity contribution in [2.75, 3.05) is 7.11 Å². The standard InChI is InChI=1S/C9H16O2/c1-4-5-6-7-8(2)9(10)11-3/h7H,4-6H2,1-3H3/b8-7+. The van der Waals surface area contributed by atoms with Gasteiger partial charge in [-0.1, -0.05) is 25.8 Å². The van der Waals surface area contributed by atoms with Crippen LogP contribution in [0, 0.1) is 0 Å². The van der Waals surface area contributed by atoms with Crippen molar-refractivity contribution in [3.63, 3.8) is 0 Å². The number of unbranched alkanes of at least 4 members (excludes halogenated alkanes) is 2. The van der Waals surface area contributed by atoms with Crippen LogP contribution in [-0.4, -0.2) is 13.1 Å². The topological polar surface area (TPSA) is 26.3 Å². The highest BCUT2D eigenvalue weighted by Crippen LogP contribution is 2.01. The summed E-state index contributed by atoms with van der Waals surface area (Å²) in [6, 6.07) is 0. The molecule has 0 rings (SSSR count). The fourth-order valence-electron chi connectivity index (χ4n) is 0.767. The lowest BCUT2D eigenvalue weighted by Crippen LogP contribution is -2.00. The van der Waals surface area contributed by atoms with Gasteiger partial charge in [0.1, 0.15) is 0 Å². The van der Waals surface area contributed by atoms with Gasteiger partial charge in [-0.25, -0.2) is 4.79 Å². The molecule has 0 N–H and O–H groups in total. The van der Waals surface area contributed by atoms with Crippen LogP contribution >= 0.6 is 0 Å². The number of ether oxygens (including phenoxy) is 1. The van der Waals surface area contributed by atoms with Gasteiger partial charge in [0, 0.05) is 5.57 Å². The average Bonchev–Trinajstić information content (AvgIpc) is 2.03. The number of allylic oxidation sites excluding steroid dienone is 1. The molecule has 0 aromatic carbocycles. The Labute approximate surface area is 68.2 Å². The lowest BCUT2D eigenvalue weighted by Gasteiger charge is -1.97. The molecule has 0 amide bonds. The number of carbonyl (C=O) groups is 1. The fourth-order valence-corrected chi connectivity index (χ4v) is 0.767. The first-order valence-electron chi connectivity index (χ1n) is 3.97. The predicted molar refractivity (Wildman–Crippen MR) is 45.3 cm³/mol. The number of hydrogen-bond donors (Lipinski definition) is 0. The van der Waals surface area contributed by atoms with E-state index in [1.165, 1.54) is 7.11 Å². The highest BCUT2D eigenvalue weighted by atomic mass is 16.5. The van der Waals surface area contributed by atoms with Crippen molar-refractivity contribution in [2.45, 2.75) is 33.1 Å². The summed E-state index contributed by atoms with van der Waals surface area (Å²) >= 11 is 0. The second kappa shape index (κ2) is 5.96. The maximum absolute atomic E-state index is 10.8. The van der Waals surface area contributed by atoms with Crippen LogP contribution in [0.5, 0.6) is 0 Å². The molecule has 0 aromatic rings. The summed E-state index contributed by atoms with van der Waals surface area (Å²) in [4.78, 5) is 10.8. The van der Waals surface area contributed by atoms with Crippen LogP contribution in [0.4, 0.5) is 0 Å². The van der Waals surface area contributed by atoms with E-state index in [2.05, 4.69) is 11.7 Å². The molecule has 0 saturated carbocycles. The Morgan fingerprint density at radius 3 is 2.64 bits per heavy atom. The fraction of sp³-hybridized carbons (Fsp3) is 0.667. The van der Waals surface area contributed by atoms with E-state index in [9.17, 15) is 4.79 Å². The third kappa shape index (κ3) is 4.59. The Balaban J connectivity index is 3.71. The minimum Gasteiger partial charge on any atom is -0.466 e. The Kier molecular flexibility index (Phi) is 5.53. The third-order valence-electron chi connectivity index (χ3n) is 1.52. The predicted octanol–water partition coefficient (Wildman–Crippen LogP) is 2.30. The summed E-state index contributed by atoms with van der Waals surface area (Å²) in [6.45, 7) is 3.91. The molecule has 11 heavy (non-hydrogen) atoms. The zero-order valence-corrected chi connectivity index (χ0v) is 7.52. The Hall–Kier alpha value is -0.790. The molecule has 0 fully saturated rings. The van der Waals surface area contributed by atoms with Crippen molar-refractivity contribution in [1.29, 1.82) is 0 Å². The van der Waals surface area contributed by atoms with Gasteiger partial charge in [0.2, 0.25) is 0 Å². The first-order chi connectivity index (χ1) is 5.22. The van der Waals surface area contributed by atoms with E-state index in [0.717, 1.165) is 19.3 Å². The van der Waals surface area contributed by atoms with Crippen molar-refractivity contribution < 1.29 is 9.53 Å². The van der Waals surface area contributed by atoms with Crippen LogP contribution < -0.4 is 0 Å². The molecule has 0 radical (unpaired) electrons. The van der Waals surface area contributed by atoms with Crippen LogP contribution in [-0.2, 0) is 9.53 Å². The normalized spacial score (nSPS) is 11.4. The van der Waals surface area contributed by atoms with E-state index >= 15 is 0 Å². The van der Waals surface area contributed by atoms with Gasteiger partial charge in [0.05, 0.1) is 7.11 Å². The quantitative estimate of drug-likeness (QED) is 0.354. The smallest absolute Gasteiger partial charge is 0.333 e. The molecule has 0 aliphatic carbocycles. The van der Waals surface area contributed by atoms with E-state index in [1.54, 1.807) is 6.92 Å². The van der Waals surface area contributed by atoms with E-state index in [-0.39, 0.29) is 5.97 Å². The van der Waals surface area contributed by atoms with E-state index < -0.39 is 0 Å². The van der Waals surface area contributed by atoms with Gasteiger partial charge in [0.15, 0.2) is 0 Å². The monoisotopic (exact) mass is 156 g/mol. The molecule has 0 unspecified atom stereocenters. The van der Waals surface area contributed by atoms with Gasteiger partial charge < -0.3 is 4.74 Å². The highest BCUT2D eigenvalue weighted by molar-refractivity contribution is 5.87. The molecule has 2 nitrogen and oxygen atoms in total. The second-order valence-electron chi connectivity index (χ2n) is 2.52. The van der Waals surface area contributed by atoms with Gasteiger partial charge in [-0.2, -0.15) is 0 Å². The summed E-state index contributed by atoms with van der Waals surface area (Å²) < 4.78 is 4.54. The Bertz CT molecular complexity index is 148. The molecule has 0 spiro atoms. The summed E-state index contributed by atoms with van der Waals surface area (Å²) in [5.41, 5.74) is 0.709. The maximum atomic E-state index is 10.8. The highest BCUT2D eigenvalue weighted by Gasteiger charge is 2.00. The largest absolute Gasteiger partial charge is 0.466 e. The molecular weight excluding hydrogens is 140 g/mol. The SMILES string of the molecule is CCCC/C=C(\C)C(=O)OC. The number of methoxy groups -OCH3 is 1. The molecule has 0 aliphatic rings. The van der Waals surface area contributed by atoms with Crippen LogP contribution in [0.25, 0.3) is 0 Å². The Morgan fingerprint density at radius 1 is 1.55 bits per heavy atom. The van der Waals surface area contributed by atoms with Gasteiger partial charge in [-0.3, -0.25) is 0 Å². The van der Waals surface area contributed by atoms with Crippen molar-refractivity contribution in [1.82, 2.24) is 0 Å². The first-order valence-corrected chi connectivity index (χ1v) is 3.97. The lowest BCUT2D eigenvalue weighted by molar-refractivity contribution is -0.136. The molecule has 0 aromatic heterocycles. The van der Waals surface area contributed by atoms with Crippen molar-refractivity contribution >= 4 is 5.97 Å². The molecule has 0 atom stereocenters. The molecule has 0 bridgehead atoms. The average molecular weight is 156 g/mol. The van der Waals surface area contributed by atoms with Crippen LogP contribution in [0.1, 0.15) is 33.1 Å². The zero-order valence-electron chi connectivity index (χ0n) is 7.52. The van der Waals surface area contributed by atoms with Crippen LogP contribution in [0.3, 0.4) is 0 Å². The first kappa shape index (κ1) is 10.2. The number of rotatable bonds is 4. The van der Waals surface area contributed by atoms with Gasteiger partial charge in [-0.15, -0.1) is 0 Å². The van der Waals surface area contributed by atoms with Crippen LogP contribution in [0.2, 0.25) is 0 Å². The minimum absolute atomic E-state index is 0.221. The molecule has 0 heterocycles. The van der Waals surface area contributed by atoms with E-state index in [4.69, 9.17) is 0 Å². The molecule has 2 heteroatoms. The van der Waals surface area contributed by atoms with Gasteiger partial charge in [-0.05, 0) is 13.3 Å². The second-order valence-corrected chi connectivity index (χ2v) is 2.52. The molecular formula is C9H16O2. The Morgan fingerprint density at radius 2 is 2.18 bits per heavy atom. The van der Waals surface area contributed by atoms with Crippen LogP contribution in [0.15, 0.2) is 11.6 Å². The van der Waals surface area contributed by atoms with Crippen molar-refractivity contribution in [2.24, 2.45) is 0 Å². The number of hydrogen-bond acceptors (Lipinski definition) is 2. The summed E-state index contributed by atoms with van der Waals surface area (Å²) in [7, 11) is 1.40. The number of esters is 1. The summed E-state index contributed by atoms with van der Waals surface area (Å²) in [5.74, 6) is -0.221. The molecule has 64 valence electrons. The van der Waals surface area contributed by atoms with Gasteiger partial charge >= 0.3 is 5.97 Å². The third-order valence-corrected chi connectivity index (χ3v) is 1.52. The molecule has 0 saturated heterocycles. The minimum atomic E-state index is -0.221. The summed E-state index contributed by atoms with van der Waals surface area (Å²) in [6.07, 6.45) is 5.19. The number of carbonyl (C=O) groups excluding carboxylic acids is 1. The summed E-state index contributed by atoms with van der Waals surface area (Å²) in [5, 5.41) is 0.